The minimum Gasteiger partial charge on any atom is -0.227 e. The number of rotatable bonds is 2. The van der Waals surface area contributed by atoms with E-state index >= 15 is 0 Å². The summed E-state index contributed by atoms with van der Waals surface area (Å²) in [5.41, 5.74) is 0. The fourth-order valence-electron chi connectivity index (χ4n) is 2.05. The molecule has 0 saturated heterocycles. The second kappa shape index (κ2) is 3.85. The summed E-state index contributed by atoms with van der Waals surface area (Å²) in [6.07, 6.45) is 7.46. The summed E-state index contributed by atoms with van der Waals surface area (Å²) >= 11 is 0. The second-order valence-corrected chi connectivity index (χ2v) is 3.69. The highest BCUT2D eigenvalue weighted by Gasteiger charge is 2.18. The van der Waals surface area contributed by atoms with Crippen molar-refractivity contribution < 1.29 is 0 Å². The molecule has 1 heterocycles. The molecular formula is C9H16N4. The van der Waals surface area contributed by atoms with Gasteiger partial charge in [-0.05, 0) is 23.3 Å². The van der Waals surface area contributed by atoms with Crippen LogP contribution in [0.3, 0.4) is 0 Å². The van der Waals surface area contributed by atoms with Gasteiger partial charge in [0, 0.05) is 6.42 Å². The summed E-state index contributed by atoms with van der Waals surface area (Å²) in [7, 11) is 0. The molecule has 72 valence electrons. The first kappa shape index (κ1) is 8.66. The standard InChI is InChI=1S/C9H16N4/c1-2-9-10-11-12-13(9)8-6-4-3-5-7-8/h8H,2-7H2,1H3. The molecule has 1 aliphatic carbocycles. The Bertz CT molecular complexity index is 262. The van der Waals surface area contributed by atoms with Crippen LogP contribution in [0.2, 0.25) is 0 Å². The zero-order valence-electron chi connectivity index (χ0n) is 8.11. The van der Waals surface area contributed by atoms with Crippen molar-refractivity contribution >= 4 is 0 Å². The maximum Gasteiger partial charge on any atom is 0.151 e. The van der Waals surface area contributed by atoms with Crippen molar-refractivity contribution in [3.05, 3.63) is 5.82 Å². The van der Waals surface area contributed by atoms with Crippen molar-refractivity contribution in [2.24, 2.45) is 0 Å². The van der Waals surface area contributed by atoms with Gasteiger partial charge < -0.3 is 0 Å². The molecule has 1 fully saturated rings. The highest BCUT2D eigenvalue weighted by atomic mass is 15.5. The van der Waals surface area contributed by atoms with Crippen molar-refractivity contribution in [1.29, 1.82) is 0 Å². The minimum atomic E-state index is 0.568. The molecule has 1 saturated carbocycles. The summed E-state index contributed by atoms with van der Waals surface area (Å²) in [5, 5.41) is 11.8. The second-order valence-electron chi connectivity index (χ2n) is 3.69. The molecule has 2 rings (SSSR count). The van der Waals surface area contributed by atoms with E-state index in [1.165, 1.54) is 32.1 Å². The fraction of sp³-hybridized carbons (Fsp3) is 0.889. The molecule has 4 nitrogen and oxygen atoms in total. The lowest BCUT2D eigenvalue weighted by Crippen LogP contribution is -2.16. The van der Waals surface area contributed by atoms with Crippen LogP contribution in [-0.4, -0.2) is 20.2 Å². The largest absolute Gasteiger partial charge is 0.227 e. The molecule has 0 aromatic carbocycles. The molecule has 0 amide bonds. The third-order valence-corrected chi connectivity index (χ3v) is 2.80. The lowest BCUT2D eigenvalue weighted by atomic mass is 9.95. The smallest absolute Gasteiger partial charge is 0.151 e. The van der Waals surface area contributed by atoms with Gasteiger partial charge in [0.1, 0.15) is 0 Å². The van der Waals surface area contributed by atoms with Gasteiger partial charge in [0.05, 0.1) is 6.04 Å². The Morgan fingerprint density at radius 2 is 2.08 bits per heavy atom. The Labute approximate surface area is 78.3 Å². The van der Waals surface area contributed by atoms with Crippen LogP contribution in [0, 0.1) is 0 Å². The number of hydrogen-bond acceptors (Lipinski definition) is 3. The highest BCUT2D eigenvalue weighted by Crippen LogP contribution is 2.27. The third kappa shape index (κ3) is 1.71. The van der Waals surface area contributed by atoms with Crippen LogP contribution in [0.15, 0.2) is 0 Å². The first-order valence-electron chi connectivity index (χ1n) is 5.18. The van der Waals surface area contributed by atoms with Crippen LogP contribution >= 0.6 is 0 Å². The van der Waals surface area contributed by atoms with Gasteiger partial charge in [-0.25, -0.2) is 4.68 Å². The molecule has 0 N–H and O–H groups in total. The zero-order valence-corrected chi connectivity index (χ0v) is 8.11. The molecule has 0 spiro atoms. The average Bonchev–Trinajstić information content (AvgIpc) is 2.67. The molecule has 1 aliphatic rings. The highest BCUT2D eigenvalue weighted by molar-refractivity contribution is 4.84. The first-order valence-corrected chi connectivity index (χ1v) is 5.18. The van der Waals surface area contributed by atoms with Gasteiger partial charge in [-0.15, -0.1) is 5.10 Å². The first-order chi connectivity index (χ1) is 6.42. The lowest BCUT2D eigenvalue weighted by molar-refractivity contribution is 0.317. The topological polar surface area (TPSA) is 43.6 Å². The van der Waals surface area contributed by atoms with E-state index in [2.05, 4.69) is 22.4 Å². The van der Waals surface area contributed by atoms with Crippen LogP contribution in [0.25, 0.3) is 0 Å². The van der Waals surface area contributed by atoms with E-state index in [-0.39, 0.29) is 0 Å². The number of aromatic nitrogens is 4. The Hall–Kier alpha value is -0.930. The number of aryl methyl sites for hydroxylation is 1. The van der Waals surface area contributed by atoms with E-state index in [0.717, 1.165) is 12.2 Å². The van der Waals surface area contributed by atoms with E-state index in [1.807, 2.05) is 4.68 Å². The van der Waals surface area contributed by atoms with Gasteiger partial charge in [0.2, 0.25) is 0 Å². The van der Waals surface area contributed by atoms with Gasteiger partial charge >= 0.3 is 0 Å². The Morgan fingerprint density at radius 1 is 1.31 bits per heavy atom. The van der Waals surface area contributed by atoms with Crippen molar-refractivity contribution in [2.75, 3.05) is 0 Å². The van der Waals surface area contributed by atoms with E-state index in [0.29, 0.717) is 6.04 Å². The molecule has 13 heavy (non-hydrogen) atoms. The van der Waals surface area contributed by atoms with Crippen molar-refractivity contribution in [3.63, 3.8) is 0 Å². The summed E-state index contributed by atoms with van der Waals surface area (Å²) in [5.74, 6) is 1.03. The lowest BCUT2D eigenvalue weighted by Gasteiger charge is -2.21. The van der Waals surface area contributed by atoms with Crippen LogP contribution in [-0.2, 0) is 6.42 Å². The predicted molar refractivity (Wildman–Crippen MR) is 49.3 cm³/mol. The van der Waals surface area contributed by atoms with E-state index in [9.17, 15) is 0 Å². The average molecular weight is 180 g/mol. The van der Waals surface area contributed by atoms with Crippen molar-refractivity contribution in [3.8, 4) is 0 Å². The number of nitrogens with zero attached hydrogens (tertiary/aromatic N) is 4. The van der Waals surface area contributed by atoms with Gasteiger partial charge in [-0.3, -0.25) is 0 Å². The van der Waals surface area contributed by atoms with Gasteiger partial charge in [0.25, 0.3) is 0 Å². The van der Waals surface area contributed by atoms with Gasteiger partial charge in [-0.1, -0.05) is 26.2 Å². The van der Waals surface area contributed by atoms with E-state index in [4.69, 9.17) is 0 Å². The molecule has 0 radical (unpaired) electrons. The van der Waals surface area contributed by atoms with Crippen LogP contribution in [0.5, 0.6) is 0 Å². The minimum absolute atomic E-state index is 0.568. The molecule has 1 aromatic rings. The maximum absolute atomic E-state index is 4.07. The summed E-state index contributed by atoms with van der Waals surface area (Å²) in [6, 6.07) is 0.568. The molecular weight excluding hydrogens is 164 g/mol. The number of hydrogen-bond donors (Lipinski definition) is 0. The monoisotopic (exact) mass is 180 g/mol. The molecule has 0 aliphatic heterocycles. The van der Waals surface area contributed by atoms with E-state index < -0.39 is 0 Å². The zero-order chi connectivity index (χ0) is 9.10. The van der Waals surface area contributed by atoms with Crippen molar-refractivity contribution in [2.45, 2.75) is 51.5 Å². The maximum atomic E-state index is 4.07. The van der Waals surface area contributed by atoms with Gasteiger partial charge in [0.15, 0.2) is 5.82 Å². The van der Waals surface area contributed by atoms with Crippen LogP contribution in [0.1, 0.15) is 50.9 Å². The molecule has 0 atom stereocenters. The summed E-state index contributed by atoms with van der Waals surface area (Å²) in [6.45, 7) is 2.10. The van der Waals surface area contributed by atoms with Crippen LogP contribution < -0.4 is 0 Å². The Balaban J connectivity index is 2.13. The molecule has 0 bridgehead atoms. The summed E-state index contributed by atoms with van der Waals surface area (Å²) in [4.78, 5) is 0. The van der Waals surface area contributed by atoms with Crippen molar-refractivity contribution in [1.82, 2.24) is 20.2 Å². The quantitative estimate of drug-likeness (QED) is 0.696. The third-order valence-electron chi connectivity index (χ3n) is 2.80. The molecule has 4 heteroatoms. The summed E-state index contributed by atoms with van der Waals surface area (Å²) < 4.78 is 2.03. The molecule has 0 unspecified atom stereocenters. The normalized spacial score (nSPS) is 19.2. The fourth-order valence-corrected chi connectivity index (χ4v) is 2.05. The Kier molecular flexibility index (Phi) is 2.57. The number of tetrazole rings is 1. The Morgan fingerprint density at radius 3 is 2.77 bits per heavy atom. The van der Waals surface area contributed by atoms with Crippen LogP contribution in [0.4, 0.5) is 0 Å². The SMILES string of the molecule is CCc1nnnn1C1CCCCC1. The van der Waals surface area contributed by atoms with Gasteiger partial charge in [-0.2, -0.15) is 0 Å². The molecule has 1 aromatic heterocycles. The van der Waals surface area contributed by atoms with E-state index in [1.54, 1.807) is 0 Å². The predicted octanol–water partition coefficient (Wildman–Crippen LogP) is 1.74.